The van der Waals surface area contributed by atoms with Gasteiger partial charge in [-0.15, -0.1) is 0 Å². The van der Waals surface area contributed by atoms with Crippen molar-refractivity contribution in [3.63, 3.8) is 0 Å². The van der Waals surface area contributed by atoms with Crippen molar-refractivity contribution >= 4 is 17.7 Å². The zero-order chi connectivity index (χ0) is 13.7. The van der Waals surface area contributed by atoms with Gasteiger partial charge in [-0.05, 0) is 26.0 Å². The molecular formula is C13H18N2O3. The molecule has 98 valence electrons. The summed E-state index contributed by atoms with van der Waals surface area (Å²) in [7, 11) is 1.66. The van der Waals surface area contributed by atoms with E-state index in [1.807, 2.05) is 19.9 Å². The summed E-state index contributed by atoms with van der Waals surface area (Å²) in [5.41, 5.74) is 0.581. The van der Waals surface area contributed by atoms with E-state index in [0.717, 1.165) is 0 Å². The highest BCUT2D eigenvalue weighted by molar-refractivity contribution is 5.96. The van der Waals surface area contributed by atoms with E-state index in [1.54, 1.807) is 31.3 Å². The fourth-order valence-electron chi connectivity index (χ4n) is 1.42. The van der Waals surface area contributed by atoms with Crippen LogP contribution in [0.1, 0.15) is 13.8 Å². The molecule has 0 aliphatic heterocycles. The minimum Gasteiger partial charge on any atom is -0.480 e. The smallest absolute Gasteiger partial charge is 0.324 e. The molecular weight excluding hydrogens is 232 g/mol. The highest BCUT2D eigenvalue weighted by Crippen LogP contribution is 2.15. The number of hydrogen-bond donors (Lipinski definition) is 1. The third-order valence-corrected chi connectivity index (χ3v) is 2.67. The topological polar surface area (TPSA) is 60.9 Å². The van der Waals surface area contributed by atoms with Crippen LogP contribution in [0.15, 0.2) is 30.3 Å². The molecule has 1 aromatic carbocycles. The number of rotatable bonds is 4. The van der Waals surface area contributed by atoms with Gasteiger partial charge in [0.25, 0.3) is 0 Å². The fourth-order valence-corrected chi connectivity index (χ4v) is 1.42. The summed E-state index contributed by atoms with van der Waals surface area (Å²) in [6.07, 6.45) is 0. The van der Waals surface area contributed by atoms with Gasteiger partial charge in [-0.2, -0.15) is 0 Å². The van der Waals surface area contributed by atoms with Crippen molar-refractivity contribution in [3.8, 4) is 0 Å². The van der Waals surface area contributed by atoms with Crippen molar-refractivity contribution in [1.82, 2.24) is 4.90 Å². The van der Waals surface area contributed by atoms with Crippen LogP contribution in [-0.4, -0.2) is 41.6 Å². The molecule has 0 unspecified atom stereocenters. The van der Waals surface area contributed by atoms with E-state index in [2.05, 4.69) is 0 Å². The summed E-state index contributed by atoms with van der Waals surface area (Å²) < 4.78 is 0. The van der Waals surface area contributed by atoms with Gasteiger partial charge >= 0.3 is 12.0 Å². The van der Waals surface area contributed by atoms with Gasteiger partial charge in [0.2, 0.25) is 0 Å². The first-order valence-electron chi connectivity index (χ1n) is 5.74. The van der Waals surface area contributed by atoms with E-state index >= 15 is 0 Å². The summed E-state index contributed by atoms with van der Waals surface area (Å²) in [5, 5.41) is 8.90. The van der Waals surface area contributed by atoms with Crippen LogP contribution in [-0.2, 0) is 4.79 Å². The number of urea groups is 1. The maximum Gasteiger partial charge on any atom is 0.324 e. The predicted octanol–water partition coefficient (Wildman–Crippen LogP) is 2.04. The van der Waals surface area contributed by atoms with E-state index in [0.29, 0.717) is 5.69 Å². The summed E-state index contributed by atoms with van der Waals surface area (Å²) in [6.45, 7) is 3.41. The molecule has 1 N–H and O–H groups in total. The normalized spacial score (nSPS) is 10.2. The lowest BCUT2D eigenvalue weighted by Gasteiger charge is -2.29. The van der Waals surface area contributed by atoms with Crippen LogP contribution < -0.4 is 4.90 Å². The van der Waals surface area contributed by atoms with Gasteiger partial charge in [-0.25, -0.2) is 4.79 Å². The third-order valence-electron chi connectivity index (χ3n) is 2.67. The van der Waals surface area contributed by atoms with E-state index in [4.69, 9.17) is 5.11 Å². The van der Waals surface area contributed by atoms with E-state index in [9.17, 15) is 9.59 Å². The van der Waals surface area contributed by atoms with Crippen molar-refractivity contribution in [2.75, 3.05) is 18.5 Å². The van der Waals surface area contributed by atoms with Crippen molar-refractivity contribution in [1.29, 1.82) is 0 Å². The van der Waals surface area contributed by atoms with Crippen LogP contribution in [0.4, 0.5) is 10.5 Å². The van der Waals surface area contributed by atoms with Gasteiger partial charge < -0.3 is 10.0 Å². The van der Waals surface area contributed by atoms with E-state index < -0.39 is 5.97 Å². The Bertz CT molecular complexity index is 418. The minimum absolute atomic E-state index is 0.0116. The first kappa shape index (κ1) is 14.0. The Balaban J connectivity index is 2.99. The van der Waals surface area contributed by atoms with Crippen LogP contribution in [0.3, 0.4) is 0 Å². The second kappa shape index (κ2) is 6.05. The summed E-state index contributed by atoms with van der Waals surface area (Å²) in [6, 6.07) is 8.49. The SMILES string of the molecule is CC(C)N(C)C(=O)N(CC(=O)O)c1ccccc1. The maximum absolute atomic E-state index is 12.2. The second-order valence-electron chi connectivity index (χ2n) is 4.30. The first-order chi connectivity index (χ1) is 8.43. The minimum atomic E-state index is -1.04. The van der Waals surface area contributed by atoms with Crippen LogP contribution in [0.25, 0.3) is 0 Å². The molecule has 0 fully saturated rings. The molecule has 1 aromatic rings. The number of amides is 2. The second-order valence-corrected chi connectivity index (χ2v) is 4.30. The molecule has 0 heterocycles. The lowest BCUT2D eigenvalue weighted by molar-refractivity contribution is -0.135. The van der Waals surface area contributed by atoms with Gasteiger partial charge in [0.05, 0.1) is 0 Å². The number of carbonyl (C=O) groups excluding carboxylic acids is 1. The van der Waals surface area contributed by atoms with Gasteiger partial charge in [-0.3, -0.25) is 9.69 Å². The number of carboxylic acids is 1. The molecule has 0 saturated heterocycles. The molecule has 0 spiro atoms. The first-order valence-corrected chi connectivity index (χ1v) is 5.74. The number of hydrogen-bond acceptors (Lipinski definition) is 2. The average Bonchev–Trinajstić information content (AvgIpc) is 2.35. The van der Waals surface area contributed by atoms with Crippen molar-refractivity contribution in [3.05, 3.63) is 30.3 Å². The monoisotopic (exact) mass is 250 g/mol. The quantitative estimate of drug-likeness (QED) is 0.889. The largest absolute Gasteiger partial charge is 0.480 e. The third kappa shape index (κ3) is 3.48. The van der Waals surface area contributed by atoms with Crippen LogP contribution in [0.5, 0.6) is 0 Å². The van der Waals surface area contributed by atoms with E-state index in [1.165, 1.54) is 9.80 Å². The molecule has 0 saturated carbocycles. The Morgan fingerprint density at radius 1 is 1.22 bits per heavy atom. The molecule has 0 atom stereocenters. The molecule has 0 aliphatic rings. The molecule has 18 heavy (non-hydrogen) atoms. The zero-order valence-corrected chi connectivity index (χ0v) is 10.8. The Morgan fingerprint density at radius 3 is 2.22 bits per heavy atom. The number of aliphatic carboxylic acids is 1. The highest BCUT2D eigenvalue weighted by atomic mass is 16.4. The highest BCUT2D eigenvalue weighted by Gasteiger charge is 2.23. The Morgan fingerprint density at radius 2 is 1.78 bits per heavy atom. The average molecular weight is 250 g/mol. The lowest BCUT2D eigenvalue weighted by atomic mass is 10.3. The maximum atomic E-state index is 12.2. The van der Waals surface area contributed by atoms with Crippen LogP contribution in [0, 0.1) is 0 Å². The molecule has 0 aromatic heterocycles. The molecule has 0 aliphatic carbocycles. The lowest BCUT2D eigenvalue weighted by Crippen LogP contribution is -2.46. The molecule has 5 heteroatoms. The summed E-state index contributed by atoms with van der Waals surface area (Å²) in [4.78, 5) is 25.8. The number of carbonyl (C=O) groups is 2. The Hall–Kier alpha value is -2.04. The van der Waals surface area contributed by atoms with E-state index in [-0.39, 0.29) is 18.6 Å². The van der Waals surface area contributed by atoms with Gasteiger partial charge in [0.15, 0.2) is 0 Å². The van der Waals surface area contributed by atoms with Crippen molar-refractivity contribution < 1.29 is 14.7 Å². The molecule has 1 rings (SSSR count). The van der Waals surface area contributed by atoms with Crippen LogP contribution >= 0.6 is 0 Å². The van der Waals surface area contributed by atoms with Gasteiger partial charge in [0, 0.05) is 18.8 Å². The van der Waals surface area contributed by atoms with Crippen molar-refractivity contribution in [2.45, 2.75) is 19.9 Å². The fraction of sp³-hybridized carbons (Fsp3) is 0.385. The molecule has 5 nitrogen and oxygen atoms in total. The van der Waals surface area contributed by atoms with Crippen LogP contribution in [0.2, 0.25) is 0 Å². The number of anilines is 1. The number of benzene rings is 1. The Labute approximate surface area is 107 Å². The molecule has 0 radical (unpaired) electrons. The molecule has 0 bridgehead atoms. The predicted molar refractivity (Wildman–Crippen MR) is 69.7 cm³/mol. The number of para-hydroxylation sites is 1. The standard InChI is InChI=1S/C13H18N2O3/c1-10(2)14(3)13(18)15(9-12(16)17)11-7-5-4-6-8-11/h4-8,10H,9H2,1-3H3,(H,16,17). The van der Waals surface area contributed by atoms with Crippen molar-refractivity contribution in [2.24, 2.45) is 0 Å². The van der Waals surface area contributed by atoms with Gasteiger partial charge in [0.1, 0.15) is 6.54 Å². The number of nitrogens with zero attached hydrogens (tertiary/aromatic N) is 2. The Kier molecular flexibility index (Phi) is 4.71. The molecule has 2 amide bonds. The van der Waals surface area contributed by atoms with Gasteiger partial charge in [-0.1, -0.05) is 18.2 Å². The zero-order valence-electron chi connectivity index (χ0n) is 10.8. The number of carboxylic acid groups (broad SMARTS) is 1. The summed E-state index contributed by atoms with van der Waals surface area (Å²) in [5.74, 6) is -1.04. The summed E-state index contributed by atoms with van der Waals surface area (Å²) >= 11 is 0.